The van der Waals surface area contributed by atoms with Crippen LogP contribution in [0, 0.1) is 13.8 Å². The van der Waals surface area contributed by atoms with Crippen molar-refractivity contribution >= 4 is 0 Å². The summed E-state index contributed by atoms with van der Waals surface area (Å²) in [6.07, 6.45) is 2.16. The van der Waals surface area contributed by atoms with Gasteiger partial charge in [-0.15, -0.1) is 0 Å². The van der Waals surface area contributed by atoms with Crippen molar-refractivity contribution in [3.05, 3.63) is 63.8 Å². The summed E-state index contributed by atoms with van der Waals surface area (Å²) in [4.78, 5) is 15.9. The molecule has 0 saturated carbocycles. The average Bonchev–Trinajstić information content (AvgIpc) is 2.49. The first-order valence-electron chi connectivity index (χ1n) is 7.88. The molecule has 4 nitrogen and oxygen atoms in total. The summed E-state index contributed by atoms with van der Waals surface area (Å²) in [7, 11) is 0. The van der Waals surface area contributed by atoms with Gasteiger partial charge in [0, 0.05) is 30.5 Å². The zero-order valence-electron chi connectivity index (χ0n) is 13.7. The van der Waals surface area contributed by atoms with E-state index in [0.29, 0.717) is 12.6 Å². The number of nitrogens with one attached hydrogen (secondary N) is 1. The molecule has 1 unspecified atom stereocenters. The van der Waals surface area contributed by atoms with Crippen molar-refractivity contribution in [2.75, 3.05) is 6.54 Å². The Balaban J connectivity index is 1.78. The highest BCUT2D eigenvalue weighted by Gasteiger charge is 2.05. The molecule has 1 heterocycles. The van der Waals surface area contributed by atoms with Crippen LogP contribution in [-0.4, -0.2) is 22.1 Å². The van der Waals surface area contributed by atoms with Crippen LogP contribution >= 0.6 is 0 Å². The highest BCUT2D eigenvalue weighted by molar-refractivity contribution is 5.14. The molecular weight excluding hydrogens is 274 g/mol. The molecule has 0 fully saturated rings. The lowest BCUT2D eigenvalue weighted by Crippen LogP contribution is -2.34. The lowest BCUT2D eigenvalue weighted by Gasteiger charge is -2.15. The zero-order chi connectivity index (χ0) is 15.9. The fourth-order valence-corrected chi connectivity index (χ4v) is 2.60. The lowest BCUT2D eigenvalue weighted by atomic mass is 10.1. The molecule has 22 heavy (non-hydrogen) atoms. The molecule has 1 aromatic carbocycles. The molecule has 118 valence electrons. The molecule has 0 aliphatic rings. The Morgan fingerprint density at radius 2 is 1.95 bits per heavy atom. The third kappa shape index (κ3) is 4.81. The normalized spacial score (nSPS) is 12.3. The number of aryl methyl sites for hydroxylation is 3. The van der Waals surface area contributed by atoms with Crippen molar-refractivity contribution in [2.45, 2.75) is 46.2 Å². The van der Waals surface area contributed by atoms with E-state index >= 15 is 0 Å². The van der Waals surface area contributed by atoms with E-state index in [1.54, 1.807) is 4.57 Å². The molecule has 0 saturated heterocycles. The van der Waals surface area contributed by atoms with Crippen molar-refractivity contribution in [1.29, 1.82) is 0 Å². The van der Waals surface area contributed by atoms with Gasteiger partial charge in [-0.05, 0) is 45.2 Å². The van der Waals surface area contributed by atoms with E-state index in [9.17, 15) is 4.79 Å². The topological polar surface area (TPSA) is 46.9 Å². The van der Waals surface area contributed by atoms with Crippen LogP contribution in [0.1, 0.15) is 30.3 Å². The van der Waals surface area contributed by atoms with Crippen LogP contribution in [0.25, 0.3) is 0 Å². The van der Waals surface area contributed by atoms with E-state index in [-0.39, 0.29) is 5.69 Å². The zero-order valence-corrected chi connectivity index (χ0v) is 13.7. The first-order chi connectivity index (χ1) is 10.6. The Kier molecular flexibility index (Phi) is 5.90. The first-order valence-corrected chi connectivity index (χ1v) is 7.88. The molecule has 0 amide bonds. The number of rotatable bonds is 7. The molecule has 0 spiro atoms. The number of benzene rings is 1. The van der Waals surface area contributed by atoms with E-state index in [2.05, 4.69) is 41.5 Å². The van der Waals surface area contributed by atoms with Crippen LogP contribution in [0.4, 0.5) is 0 Å². The van der Waals surface area contributed by atoms with Gasteiger partial charge in [-0.1, -0.05) is 30.3 Å². The summed E-state index contributed by atoms with van der Waals surface area (Å²) in [5.41, 5.74) is 2.96. The maximum atomic E-state index is 11.9. The first kappa shape index (κ1) is 16.4. The quantitative estimate of drug-likeness (QED) is 0.854. The predicted molar refractivity (Wildman–Crippen MR) is 90.2 cm³/mol. The summed E-state index contributed by atoms with van der Waals surface area (Å²) >= 11 is 0. The van der Waals surface area contributed by atoms with Crippen LogP contribution in [0.2, 0.25) is 0 Å². The Hall–Kier alpha value is -1.94. The van der Waals surface area contributed by atoms with Gasteiger partial charge >= 0.3 is 5.69 Å². The third-order valence-corrected chi connectivity index (χ3v) is 3.88. The summed E-state index contributed by atoms with van der Waals surface area (Å²) < 4.78 is 1.73. The van der Waals surface area contributed by atoms with E-state index in [1.165, 1.54) is 5.56 Å². The minimum atomic E-state index is -0.156. The summed E-state index contributed by atoms with van der Waals surface area (Å²) in [6.45, 7) is 7.43. The van der Waals surface area contributed by atoms with Crippen LogP contribution in [-0.2, 0) is 13.0 Å². The molecular formula is C18H25N3O. The smallest absolute Gasteiger partial charge is 0.312 e. The fourth-order valence-electron chi connectivity index (χ4n) is 2.60. The largest absolute Gasteiger partial charge is 0.347 e. The number of hydrogen-bond donors (Lipinski definition) is 1. The second-order valence-corrected chi connectivity index (χ2v) is 5.85. The molecule has 0 bridgehead atoms. The molecule has 2 rings (SSSR count). The maximum absolute atomic E-state index is 11.9. The molecule has 1 atom stereocenters. The minimum absolute atomic E-state index is 0.156. The van der Waals surface area contributed by atoms with Gasteiger partial charge in [0.15, 0.2) is 0 Å². The predicted octanol–water partition coefficient (Wildman–Crippen LogP) is 2.47. The van der Waals surface area contributed by atoms with Gasteiger partial charge in [-0.25, -0.2) is 4.79 Å². The van der Waals surface area contributed by atoms with E-state index < -0.39 is 0 Å². The van der Waals surface area contributed by atoms with Crippen molar-refractivity contribution in [1.82, 2.24) is 14.9 Å². The summed E-state index contributed by atoms with van der Waals surface area (Å²) in [5, 5.41) is 3.48. The van der Waals surface area contributed by atoms with Crippen LogP contribution in [0.5, 0.6) is 0 Å². The minimum Gasteiger partial charge on any atom is -0.312 e. The number of aromatic nitrogens is 2. The van der Waals surface area contributed by atoms with Gasteiger partial charge in [0.25, 0.3) is 0 Å². The lowest BCUT2D eigenvalue weighted by molar-refractivity contribution is 0.480. The van der Waals surface area contributed by atoms with Crippen LogP contribution < -0.4 is 11.0 Å². The number of nitrogens with zero attached hydrogens (tertiary/aromatic N) is 2. The van der Waals surface area contributed by atoms with Gasteiger partial charge in [0.1, 0.15) is 0 Å². The molecule has 1 N–H and O–H groups in total. The van der Waals surface area contributed by atoms with Crippen LogP contribution in [0.15, 0.2) is 41.2 Å². The van der Waals surface area contributed by atoms with E-state index in [1.807, 2.05) is 26.0 Å². The highest BCUT2D eigenvalue weighted by atomic mass is 16.1. The van der Waals surface area contributed by atoms with Crippen molar-refractivity contribution in [3.63, 3.8) is 0 Å². The molecule has 0 aliphatic carbocycles. The Bertz CT molecular complexity index is 649. The molecule has 1 aromatic heterocycles. The maximum Gasteiger partial charge on any atom is 0.347 e. The van der Waals surface area contributed by atoms with Crippen molar-refractivity contribution in [2.24, 2.45) is 0 Å². The van der Waals surface area contributed by atoms with Gasteiger partial charge in [0.2, 0.25) is 0 Å². The molecule has 0 radical (unpaired) electrons. The third-order valence-electron chi connectivity index (χ3n) is 3.88. The molecule has 4 heteroatoms. The number of hydrogen-bond acceptors (Lipinski definition) is 3. The monoisotopic (exact) mass is 299 g/mol. The van der Waals surface area contributed by atoms with Gasteiger partial charge in [-0.3, -0.25) is 4.57 Å². The highest BCUT2D eigenvalue weighted by Crippen LogP contribution is 2.04. The Morgan fingerprint density at radius 3 is 2.64 bits per heavy atom. The second-order valence-electron chi connectivity index (χ2n) is 5.85. The second kappa shape index (κ2) is 7.90. The van der Waals surface area contributed by atoms with Gasteiger partial charge in [-0.2, -0.15) is 4.98 Å². The van der Waals surface area contributed by atoms with Gasteiger partial charge < -0.3 is 5.32 Å². The van der Waals surface area contributed by atoms with E-state index in [0.717, 1.165) is 30.8 Å². The van der Waals surface area contributed by atoms with Gasteiger partial charge in [0.05, 0.1) is 0 Å². The molecule has 0 aliphatic heterocycles. The van der Waals surface area contributed by atoms with E-state index in [4.69, 9.17) is 0 Å². The average molecular weight is 299 g/mol. The Morgan fingerprint density at radius 1 is 1.23 bits per heavy atom. The van der Waals surface area contributed by atoms with Crippen LogP contribution in [0.3, 0.4) is 0 Å². The van der Waals surface area contributed by atoms with Crippen molar-refractivity contribution in [3.8, 4) is 0 Å². The Labute approximate surface area is 132 Å². The summed E-state index contributed by atoms with van der Waals surface area (Å²) in [5.74, 6) is 0. The van der Waals surface area contributed by atoms with Crippen molar-refractivity contribution < 1.29 is 0 Å². The molecule has 2 aromatic rings. The summed E-state index contributed by atoms with van der Waals surface area (Å²) in [6, 6.07) is 12.9. The standard InChI is InChI=1S/C18H25N3O/c1-14(9-10-17-7-5-4-6-8-17)19-11-12-21-16(3)13-15(2)20-18(21)22/h4-8,13-14,19H,9-12H2,1-3H3. The fraction of sp³-hybridized carbons (Fsp3) is 0.444. The SMILES string of the molecule is Cc1cc(C)n(CCNC(C)CCc2ccccc2)c(=O)n1.